The normalized spacial score (nSPS) is 25.4. The predicted octanol–water partition coefficient (Wildman–Crippen LogP) is 0.960. The molecule has 0 bridgehead atoms. The molecular weight excluding hydrogens is 477 g/mol. The van der Waals surface area contributed by atoms with Gasteiger partial charge in [0.2, 0.25) is 5.91 Å². The molecule has 1 aromatic carbocycles. The third-order valence-electron chi connectivity index (χ3n) is 6.11. The van der Waals surface area contributed by atoms with Crippen molar-refractivity contribution in [1.29, 1.82) is 0 Å². The van der Waals surface area contributed by atoms with Gasteiger partial charge in [-0.2, -0.15) is 0 Å². The number of hydrogen-bond acceptors (Lipinski definition) is 9. The number of aromatic nitrogens is 1. The van der Waals surface area contributed by atoms with Crippen LogP contribution in [0.25, 0.3) is 0 Å². The summed E-state index contributed by atoms with van der Waals surface area (Å²) >= 11 is 13.7. The van der Waals surface area contributed by atoms with Gasteiger partial charge in [-0.1, -0.05) is 23.2 Å². The van der Waals surface area contributed by atoms with E-state index in [1.807, 2.05) is 9.80 Å². The number of hydrogen-bond donors (Lipinski definition) is 6. The summed E-state index contributed by atoms with van der Waals surface area (Å²) in [6.45, 7) is 2.25. The highest BCUT2D eigenvalue weighted by Crippen LogP contribution is 2.44. The van der Waals surface area contributed by atoms with Crippen LogP contribution in [-0.2, 0) is 0 Å². The van der Waals surface area contributed by atoms with Crippen molar-refractivity contribution in [3.8, 4) is 0 Å². The van der Waals surface area contributed by atoms with Crippen LogP contribution in [0.1, 0.15) is 23.2 Å². The molecule has 0 radical (unpaired) electrons. The maximum Gasteiger partial charge on any atom is 0.248 e. The van der Waals surface area contributed by atoms with Crippen molar-refractivity contribution >= 4 is 52.1 Å². The van der Waals surface area contributed by atoms with Crippen molar-refractivity contribution in [2.75, 3.05) is 41.3 Å². The first-order valence-electron chi connectivity index (χ1n) is 11.2. The second-order valence-electron chi connectivity index (χ2n) is 9.15. The summed E-state index contributed by atoms with van der Waals surface area (Å²) in [7, 11) is 0. The summed E-state index contributed by atoms with van der Waals surface area (Å²) in [4.78, 5) is 20.3. The molecule has 2 aliphatic heterocycles. The lowest BCUT2D eigenvalue weighted by Gasteiger charge is -2.39. The zero-order valence-electron chi connectivity index (χ0n) is 18.8. The number of halogens is 2. The maximum absolute atomic E-state index is 11.4. The van der Waals surface area contributed by atoms with E-state index in [-0.39, 0.29) is 24.2 Å². The number of pyridine rings is 1. The Morgan fingerprint density at radius 1 is 0.824 bits per heavy atom. The molecule has 1 amide bonds. The lowest BCUT2D eigenvalue weighted by Crippen LogP contribution is -2.53. The standard InChI is InChI=1S/C22H31Cl2N9O/c23-17-19(30-16-3-1-11(2-4-16)20(29)34)18(24)22(33-9-14(27)6-15(28)10-33)31-21(17)32-7-12(25)5-13(26)8-32/h1-4,12-15H,5-10,25-28H2,(H2,29,34)(H,30,31)/t12-,13+,14-,15+. The minimum atomic E-state index is -0.508. The van der Waals surface area contributed by atoms with Gasteiger partial charge in [-0.05, 0) is 37.1 Å². The van der Waals surface area contributed by atoms with Crippen molar-refractivity contribution in [2.24, 2.45) is 28.7 Å². The minimum Gasteiger partial charge on any atom is -0.366 e. The average Bonchev–Trinajstić information content (AvgIpc) is 2.75. The Kier molecular flexibility index (Phi) is 7.36. The van der Waals surface area contributed by atoms with Crippen molar-refractivity contribution in [3.05, 3.63) is 39.9 Å². The molecular formula is C22H31Cl2N9O. The number of piperidine rings is 2. The van der Waals surface area contributed by atoms with Gasteiger partial charge in [-0.3, -0.25) is 4.79 Å². The number of anilines is 4. The Labute approximate surface area is 208 Å². The van der Waals surface area contributed by atoms with Gasteiger partial charge in [0.25, 0.3) is 0 Å². The maximum atomic E-state index is 11.4. The number of carbonyl (C=O) groups is 1. The van der Waals surface area contributed by atoms with Crippen LogP contribution in [0.15, 0.2) is 24.3 Å². The van der Waals surface area contributed by atoms with Crippen LogP contribution >= 0.6 is 23.2 Å². The zero-order valence-corrected chi connectivity index (χ0v) is 20.3. The lowest BCUT2D eigenvalue weighted by molar-refractivity contribution is 0.100. The first-order valence-corrected chi connectivity index (χ1v) is 12.0. The minimum absolute atomic E-state index is 0.102. The third kappa shape index (κ3) is 5.32. The molecule has 184 valence electrons. The second kappa shape index (κ2) is 10.1. The molecule has 2 fully saturated rings. The molecule has 0 aliphatic carbocycles. The molecule has 2 aliphatic rings. The summed E-state index contributed by atoms with van der Waals surface area (Å²) in [6, 6.07) is 6.30. The fraction of sp³-hybridized carbons (Fsp3) is 0.455. The number of primary amides is 1. The van der Waals surface area contributed by atoms with Gasteiger partial charge >= 0.3 is 0 Å². The van der Waals surface area contributed by atoms with Crippen LogP contribution in [-0.4, -0.2) is 61.2 Å². The number of nitrogens with two attached hydrogens (primary N) is 5. The first-order chi connectivity index (χ1) is 16.1. The van der Waals surface area contributed by atoms with E-state index >= 15 is 0 Å². The Bertz CT molecular complexity index is 981. The van der Waals surface area contributed by atoms with Crippen LogP contribution in [0.5, 0.6) is 0 Å². The smallest absolute Gasteiger partial charge is 0.248 e. The average molecular weight is 508 g/mol. The summed E-state index contributed by atoms with van der Waals surface area (Å²) in [6.07, 6.45) is 1.45. The molecule has 0 unspecified atom stereocenters. The number of carbonyl (C=O) groups excluding carboxylic acids is 1. The molecule has 3 heterocycles. The quantitative estimate of drug-likeness (QED) is 0.343. The van der Waals surface area contributed by atoms with Crippen molar-refractivity contribution in [1.82, 2.24) is 4.98 Å². The van der Waals surface area contributed by atoms with E-state index in [1.165, 1.54) is 0 Å². The summed E-state index contributed by atoms with van der Waals surface area (Å²) in [5.41, 5.74) is 31.8. The first kappa shape index (κ1) is 24.8. The Balaban J connectivity index is 1.77. The predicted molar refractivity (Wildman–Crippen MR) is 138 cm³/mol. The zero-order chi connectivity index (χ0) is 24.6. The van der Waals surface area contributed by atoms with Gasteiger partial charge in [0.1, 0.15) is 10.0 Å². The highest BCUT2D eigenvalue weighted by atomic mass is 35.5. The van der Waals surface area contributed by atoms with Crippen molar-refractivity contribution in [3.63, 3.8) is 0 Å². The van der Waals surface area contributed by atoms with Gasteiger partial charge in [0.05, 0.1) is 5.69 Å². The largest absolute Gasteiger partial charge is 0.366 e. The van der Waals surface area contributed by atoms with E-state index in [4.69, 9.17) is 56.9 Å². The molecule has 12 heteroatoms. The highest BCUT2D eigenvalue weighted by molar-refractivity contribution is 6.42. The molecule has 2 aromatic rings. The van der Waals surface area contributed by atoms with Crippen LogP contribution < -0.4 is 43.8 Å². The molecule has 4 rings (SSSR count). The van der Waals surface area contributed by atoms with E-state index in [0.717, 1.165) is 12.8 Å². The van der Waals surface area contributed by atoms with E-state index < -0.39 is 5.91 Å². The van der Waals surface area contributed by atoms with Gasteiger partial charge in [0, 0.05) is 61.6 Å². The number of rotatable bonds is 5. The van der Waals surface area contributed by atoms with Gasteiger partial charge in [-0.25, -0.2) is 4.98 Å². The summed E-state index contributed by atoms with van der Waals surface area (Å²) in [5, 5.41) is 3.97. The Morgan fingerprint density at radius 3 is 1.62 bits per heavy atom. The van der Waals surface area contributed by atoms with Crippen molar-refractivity contribution in [2.45, 2.75) is 37.0 Å². The van der Waals surface area contributed by atoms with Gasteiger partial charge in [-0.15, -0.1) is 0 Å². The Hall–Kier alpha value is -2.34. The molecule has 0 saturated carbocycles. The molecule has 1 aromatic heterocycles. The number of nitrogens with zero attached hydrogens (tertiary/aromatic N) is 3. The van der Waals surface area contributed by atoms with Crippen molar-refractivity contribution < 1.29 is 4.79 Å². The topological polar surface area (TPSA) is 179 Å². The second-order valence-corrected chi connectivity index (χ2v) is 9.91. The molecule has 34 heavy (non-hydrogen) atoms. The van der Waals surface area contributed by atoms with Crippen LogP contribution in [0, 0.1) is 0 Å². The summed E-state index contributed by atoms with van der Waals surface area (Å²) < 4.78 is 0. The molecule has 4 atom stereocenters. The van der Waals surface area contributed by atoms with Crippen LogP contribution in [0.3, 0.4) is 0 Å². The number of nitrogens with one attached hydrogen (secondary N) is 1. The lowest BCUT2D eigenvalue weighted by atomic mass is 10.0. The van der Waals surface area contributed by atoms with Crippen LogP contribution in [0.4, 0.5) is 23.0 Å². The van der Waals surface area contributed by atoms with E-state index in [1.54, 1.807) is 24.3 Å². The van der Waals surface area contributed by atoms with E-state index in [0.29, 0.717) is 64.8 Å². The highest BCUT2D eigenvalue weighted by Gasteiger charge is 2.31. The van der Waals surface area contributed by atoms with E-state index in [9.17, 15) is 4.79 Å². The van der Waals surface area contributed by atoms with Crippen LogP contribution in [0.2, 0.25) is 10.0 Å². The number of amides is 1. The van der Waals surface area contributed by atoms with E-state index in [2.05, 4.69) is 5.32 Å². The molecule has 11 N–H and O–H groups in total. The fourth-order valence-corrected chi connectivity index (χ4v) is 5.27. The Morgan fingerprint density at radius 2 is 1.24 bits per heavy atom. The molecule has 10 nitrogen and oxygen atoms in total. The summed E-state index contributed by atoms with van der Waals surface area (Å²) in [5.74, 6) is 0.568. The van der Waals surface area contributed by atoms with Gasteiger partial charge in [0.15, 0.2) is 11.6 Å². The van der Waals surface area contributed by atoms with Gasteiger partial charge < -0.3 is 43.8 Å². The number of benzene rings is 1. The molecule has 2 saturated heterocycles. The monoisotopic (exact) mass is 507 g/mol. The fourth-order valence-electron chi connectivity index (χ4n) is 4.61. The molecule has 0 spiro atoms. The third-order valence-corrected chi connectivity index (χ3v) is 6.83. The SMILES string of the molecule is NC(=O)c1ccc(Nc2c(Cl)c(N3C[C@H](N)C[C@H](N)C3)nc(N3C[C@H](N)C[C@H](N)C3)c2Cl)cc1.